The third-order valence-electron chi connectivity index (χ3n) is 5.40. The van der Waals surface area contributed by atoms with E-state index in [2.05, 4.69) is 5.32 Å². The lowest BCUT2D eigenvalue weighted by Crippen LogP contribution is -2.34. The van der Waals surface area contributed by atoms with E-state index in [1.165, 1.54) is 0 Å². The molecule has 4 rings (SSSR count). The van der Waals surface area contributed by atoms with Crippen LogP contribution in [0.1, 0.15) is 18.4 Å². The van der Waals surface area contributed by atoms with Gasteiger partial charge in [0.05, 0.1) is 11.8 Å². The first-order chi connectivity index (χ1) is 11.5. The average Bonchev–Trinajstić information content (AvgIpc) is 3.14. The summed E-state index contributed by atoms with van der Waals surface area (Å²) in [5, 5.41) is 2.70. The molecule has 0 unspecified atom stereocenters. The molecule has 0 aromatic heterocycles. The zero-order valence-electron chi connectivity index (χ0n) is 13.4. The average molecular weight is 329 g/mol. The van der Waals surface area contributed by atoms with Crippen molar-refractivity contribution in [2.75, 3.05) is 11.9 Å². The van der Waals surface area contributed by atoms with Gasteiger partial charge in [0.1, 0.15) is 6.10 Å². The van der Waals surface area contributed by atoms with Crippen LogP contribution in [0.5, 0.6) is 0 Å². The van der Waals surface area contributed by atoms with Crippen LogP contribution in [0.15, 0.2) is 24.3 Å². The summed E-state index contributed by atoms with van der Waals surface area (Å²) < 4.78 is 10.5. The molecule has 3 aliphatic rings. The van der Waals surface area contributed by atoms with Crippen molar-refractivity contribution >= 4 is 23.5 Å². The number of ether oxygens (including phenoxy) is 2. The van der Waals surface area contributed by atoms with E-state index in [9.17, 15) is 14.4 Å². The Labute approximate surface area is 139 Å². The molecule has 0 radical (unpaired) electrons. The van der Waals surface area contributed by atoms with Crippen LogP contribution < -0.4 is 5.32 Å². The fourth-order valence-corrected chi connectivity index (χ4v) is 4.48. The van der Waals surface area contributed by atoms with Gasteiger partial charge in [0.25, 0.3) is 5.91 Å². The second-order valence-corrected chi connectivity index (χ2v) is 6.95. The van der Waals surface area contributed by atoms with Gasteiger partial charge in [-0.05, 0) is 43.4 Å². The smallest absolute Gasteiger partial charge is 0.310 e. The van der Waals surface area contributed by atoms with E-state index in [-0.39, 0.29) is 42.3 Å². The number of hydrogen-bond donors (Lipinski definition) is 1. The van der Waals surface area contributed by atoms with Crippen molar-refractivity contribution in [1.82, 2.24) is 0 Å². The van der Waals surface area contributed by atoms with E-state index < -0.39 is 11.9 Å². The van der Waals surface area contributed by atoms with Gasteiger partial charge in [-0.3, -0.25) is 14.4 Å². The molecule has 2 aliphatic carbocycles. The van der Waals surface area contributed by atoms with Crippen molar-refractivity contribution in [2.45, 2.75) is 25.9 Å². The third kappa shape index (κ3) is 2.46. The van der Waals surface area contributed by atoms with E-state index in [1.54, 1.807) is 6.07 Å². The minimum atomic E-state index is -0.454. The fraction of sp³-hybridized carbons (Fsp3) is 0.500. The molecular formula is C18H19NO5. The molecule has 3 fully saturated rings. The van der Waals surface area contributed by atoms with Crippen LogP contribution in [0, 0.1) is 30.6 Å². The number of nitrogens with one attached hydrogen (secondary N) is 1. The third-order valence-corrected chi connectivity index (χ3v) is 5.40. The molecule has 126 valence electrons. The van der Waals surface area contributed by atoms with Crippen LogP contribution in [0.2, 0.25) is 0 Å². The molecule has 1 saturated heterocycles. The Balaban J connectivity index is 1.34. The Kier molecular flexibility index (Phi) is 3.55. The molecule has 2 bridgehead atoms. The van der Waals surface area contributed by atoms with Crippen molar-refractivity contribution in [3.05, 3.63) is 29.8 Å². The highest BCUT2D eigenvalue weighted by Gasteiger charge is 2.64. The number of esters is 2. The van der Waals surface area contributed by atoms with E-state index in [1.807, 2.05) is 25.1 Å². The number of amides is 1. The van der Waals surface area contributed by atoms with Crippen molar-refractivity contribution in [3.63, 3.8) is 0 Å². The van der Waals surface area contributed by atoms with Crippen LogP contribution in [-0.2, 0) is 23.9 Å². The molecule has 1 aromatic rings. The molecular weight excluding hydrogens is 310 g/mol. The number of hydrogen-bond acceptors (Lipinski definition) is 5. The van der Waals surface area contributed by atoms with Crippen LogP contribution in [0.4, 0.5) is 5.69 Å². The highest BCUT2D eigenvalue weighted by Crippen LogP contribution is 2.57. The molecule has 6 nitrogen and oxygen atoms in total. The highest BCUT2D eigenvalue weighted by molar-refractivity contribution is 5.93. The van der Waals surface area contributed by atoms with Crippen LogP contribution in [0.3, 0.4) is 0 Å². The summed E-state index contributed by atoms with van der Waals surface area (Å²) in [7, 11) is 0. The lowest BCUT2D eigenvalue weighted by atomic mass is 9.80. The zero-order chi connectivity index (χ0) is 16.8. The van der Waals surface area contributed by atoms with Gasteiger partial charge in [0, 0.05) is 11.6 Å². The minimum Gasteiger partial charge on any atom is -0.462 e. The summed E-state index contributed by atoms with van der Waals surface area (Å²) in [6, 6.07) is 7.38. The molecule has 1 N–H and O–H groups in total. The van der Waals surface area contributed by atoms with E-state index in [0.717, 1.165) is 18.4 Å². The van der Waals surface area contributed by atoms with Gasteiger partial charge in [-0.1, -0.05) is 12.1 Å². The van der Waals surface area contributed by atoms with Crippen molar-refractivity contribution in [2.24, 2.45) is 23.7 Å². The maximum Gasteiger partial charge on any atom is 0.310 e. The summed E-state index contributed by atoms with van der Waals surface area (Å²) in [6.07, 6.45) is 1.57. The number of carbonyl (C=O) groups excluding carboxylic acids is 3. The first-order valence-electron chi connectivity index (χ1n) is 8.26. The van der Waals surface area contributed by atoms with E-state index in [4.69, 9.17) is 9.47 Å². The van der Waals surface area contributed by atoms with Gasteiger partial charge in [-0.2, -0.15) is 0 Å². The highest BCUT2D eigenvalue weighted by atomic mass is 16.6. The Morgan fingerprint density at radius 3 is 2.96 bits per heavy atom. The topological polar surface area (TPSA) is 81.7 Å². The predicted octanol–water partition coefficient (Wildman–Crippen LogP) is 1.67. The van der Waals surface area contributed by atoms with Gasteiger partial charge in [-0.25, -0.2) is 0 Å². The van der Waals surface area contributed by atoms with Gasteiger partial charge < -0.3 is 14.8 Å². The summed E-state index contributed by atoms with van der Waals surface area (Å²) in [5.74, 6) is -1.65. The predicted molar refractivity (Wildman–Crippen MR) is 83.8 cm³/mol. The SMILES string of the molecule is Cc1cccc(NC(=O)COC(=O)[C@H]2[C@H]3C[C@@H]4[C@@H]2C(=O)O[C@@H]4C3)c1. The number of fused-ring (bicyclic) bond motifs is 1. The molecule has 1 aromatic carbocycles. The standard InChI is InChI=1S/C18H19NO5/c1-9-3-2-4-11(5-9)19-14(20)8-23-17(21)15-10-6-12-13(7-10)24-18(22)16(12)15/h2-5,10,12-13,15-16H,6-8H2,1H3,(H,19,20)/t10-,12-,13+,15-,16-/m0/s1. The molecule has 24 heavy (non-hydrogen) atoms. The van der Waals surface area contributed by atoms with Crippen molar-refractivity contribution in [3.8, 4) is 0 Å². The van der Waals surface area contributed by atoms with Gasteiger partial charge >= 0.3 is 11.9 Å². The Morgan fingerprint density at radius 1 is 1.33 bits per heavy atom. The lowest BCUT2D eigenvalue weighted by molar-refractivity contribution is -0.157. The maximum absolute atomic E-state index is 12.4. The van der Waals surface area contributed by atoms with Crippen LogP contribution in [-0.4, -0.2) is 30.6 Å². The second-order valence-electron chi connectivity index (χ2n) is 6.95. The van der Waals surface area contributed by atoms with Crippen LogP contribution >= 0.6 is 0 Å². The van der Waals surface area contributed by atoms with Gasteiger partial charge in [0.15, 0.2) is 6.61 Å². The fourth-order valence-electron chi connectivity index (χ4n) is 4.48. The molecule has 1 amide bonds. The Morgan fingerprint density at radius 2 is 2.17 bits per heavy atom. The molecule has 2 saturated carbocycles. The molecule has 0 spiro atoms. The number of rotatable bonds is 4. The maximum atomic E-state index is 12.4. The van der Waals surface area contributed by atoms with Crippen LogP contribution in [0.25, 0.3) is 0 Å². The molecule has 1 aliphatic heterocycles. The first kappa shape index (κ1) is 15.2. The van der Waals surface area contributed by atoms with Gasteiger partial charge in [0.2, 0.25) is 0 Å². The number of anilines is 1. The number of carbonyl (C=O) groups is 3. The molecule has 5 atom stereocenters. The minimum absolute atomic E-state index is 0.0128. The Hall–Kier alpha value is -2.37. The van der Waals surface area contributed by atoms with Gasteiger partial charge in [-0.15, -0.1) is 0 Å². The first-order valence-corrected chi connectivity index (χ1v) is 8.26. The van der Waals surface area contributed by atoms with E-state index in [0.29, 0.717) is 5.69 Å². The van der Waals surface area contributed by atoms with E-state index >= 15 is 0 Å². The summed E-state index contributed by atoms with van der Waals surface area (Å²) >= 11 is 0. The number of aryl methyl sites for hydroxylation is 1. The second kappa shape index (κ2) is 5.61. The quantitative estimate of drug-likeness (QED) is 0.850. The Bertz CT molecular complexity index is 713. The summed E-state index contributed by atoms with van der Waals surface area (Å²) in [6.45, 7) is 1.59. The normalized spacial score (nSPS) is 32.5. The molecule has 1 heterocycles. The molecule has 6 heteroatoms. The van der Waals surface area contributed by atoms with Crippen molar-refractivity contribution < 1.29 is 23.9 Å². The monoisotopic (exact) mass is 329 g/mol. The number of benzene rings is 1. The summed E-state index contributed by atoms with van der Waals surface area (Å²) in [5.41, 5.74) is 1.69. The lowest BCUT2D eigenvalue weighted by Gasteiger charge is -2.22. The van der Waals surface area contributed by atoms with Crippen molar-refractivity contribution in [1.29, 1.82) is 0 Å². The zero-order valence-corrected chi connectivity index (χ0v) is 13.4. The largest absolute Gasteiger partial charge is 0.462 e. The summed E-state index contributed by atoms with van der Waals surface area (Å²) in [4.78, 5) is 36.2.